The lowest BCUT2D eigenvalue weighted by Gasteiger charge is -2.15. The first-order chi connectivity index (χ1) is 11.8. The van der Waals surface area contributed by atoms with Crippen molar-refractivity contribution < 1.29 is 13.6 Å². The predicted molar refractivity (Wildman–Crippen MR) is 99.1 cm³/mol. The van der Waals surface area contributed by atoms with E-state index < -0.39 is 17.5 Å². The van der Waals surface area contributed by atoms with Gasteiger partial charge < -0.3 is 15.1 Å². The van der Waals surface area contributed by atoms with E-state index in [-0.39, 0.29) is 11.4 Å². The molecule has 0 aliphatic carbocycles. The van der Waals surface area contributed by atoms with Gasteiger partial charge in [0, 0.05) is 45.6 Å². The molecule has 0 saturated heterocycles. The van der Waals surface area contributed by atoms with Crippen molar-refractivity contribution in [3.8, 4) is 0 Å². The van der Waals surface area contributed by atoms with Gasteiger partial charge in [-0.1, -0.05) is 12.1 Å². The third-order valence-corrected chi connectivity index (χ3v) is 3.57. The van der Waals surface area contributed by atoms with Gasteiger partial charge in [0.15, 0.2) is 11.6 Å². The highest BCUT2D eigenvalue weighted by Gasteiger charge is 2.13. The molecule has 6 heteroatoms. The molecule has 0 spiro atoms. The topological polar surface area (TPSA) is 35.6 Å². The Morgan fingerprint density at radius 3 is 2.00 bits per heavy atom. The zero-order chi connectivity index (χ0) is 18.6. The Balaban J connectivity index is 2.07. The maximum atomic E-state index is 13.9. The quantitative estimate of drug-likeness (QED) is 0.839. The number of carbonyl (C=O) groups is 1. The average molecular weight is 345 g/mol. The van der Waals surface area contributed by atoms with E-state index in [2.05, 4.69) is 5.32 Å². The Morgan fingerprint density at radius 1 is 0.960 bits per heavy atom. The zero-order valence-electron chi connectivity index (χ0n) is 14.7. The van der Waals surface area contributed by atoms with Gasteiger partial charge in [0.2, 0.25) is 5.91 Å². The average Bonchev–Trinajstić information content (AvgIpc) is 2.52. The molecule has 0 fully saturated rings. The van der Waals surface area contributed by atoms with Crippen LogP contribution in [0.5, 0.6) is 0 Å². The summed E-state index contributed by atoms with van der Waals surface area (Å²) in [6.07, 6.45) is 2.95. The molecule has 0 bridgehead atoms. The van der Waals surface area contributed by atoms with Crippen LogP contribution >= 0.6 is 0 Å². The fourth-order valence-electron chi connectivity index (χ4n) is 2.30. The summed E-state index contributed by atoms with van der Waals surface area (Å²) in [5, 5.41) is 2.46. The summed E-state index contributed by atoms with van der Waals surface area (Å²) < 4.78 is 27.8. The van der Waals surface area contributed by atoms with Crippen LogP contribution in [0.25, 0.3) is 6.08 Å². The van der Waals surface area contributed by atoms with E-state index in [1.807, 2.05) is 43.3 Å². The lowest BCUT2D eigenvalue weighted by Crippen LogP contribution is -2.14. The van der Waals surface area contributed by atoms with Gasteiger partial charge in [-0.3, -0.25) is 4.79 Å². The number of rotatable bonds is 5. The molecule has 0 aliphatic rings. The molecule has 2 rings (SSSR count). The molecule has 2 aromatic carbocycles. The lowest BCUT2D eigenvalue weighted by atomic mass is 10.2. The minimum Gasteiger partial charge on any atom is -0.378 e. The Morgan fingerprint density at radius 2 is 1.52 bits per heavy atom. The summed E-state index contributed by atoms with van der Waals surface area (Å²) in [7, 11) is 6.98. The maximum absolute atomic E-state index is 13.9. The summed E-state index contributed by atoms with van der Waals surface area (Å²) in [4.78, 5) is 15.3. The minimum atomic E-state index is -0.733. The second kappa shape index (κ2) is 7.79. The number of carbonyl (C=O) groups excluding carboxylic acids is 1. The van der Waals surface area contributed by atoms with Gasteiger partial charge in [-0.05, 0) is 35.9 Å². The van der Waals surface area contributed by atoms with Crippen LogP contribution in [0, 0.1) is 11.6 Å². The first-order valence-corrected chi connectivity index (χ1v) is 7.70. The first-order valence-electron chi connectivity index (χ1n) is 7.70. The predicted octanol–water partition coefficient (Wildman–Crippen LogP) is 3.75. The van der Waals surface area contributed by atoms with Crippen molar-refractivity contribution in [3.05, 3.63) is 59.7 Å². The lowest BCUT2D eigenvalue weighted by molar-refractivity contribution is -0.111. The monoisotopic (exact) mass is 345 g/mol. The fraction of sp³-hybridized carbons (Fsp3) is 0.211. The number of amides is 1. The molecule has 0 saturated carbocycles. The Hall–Kier alpha value is -2.89. The molecule has 0 unspecified atom stereocenters. The highest BCUT2D eigenvalue weighted by molar-refractivity contribution is 6.02. The normalized spacial score (nSPS) is 10.8. The molecular weight excluding hydrogens is 324 g/mol. The largest absolute Gasteiger partial charge is 0.378 e. The van der Waals surface area contributed by atoms with Crippen molar-refractivity contribution in [1.29, 1.82) is 0 Å². The van der Waals surface area contributed by atoms with Crippen LogP contribution in [-0.4, -0.2) is 34.1 Å². The molecule has 0 aromatic heterocycles. The van der Waals surface area contributed by atoms with Gasteiger partial charge >= 0.3 is 0 Å². The third-order valence-electron chi connectivity index (χ3n) is 3.57. The van der Waals surface area contributed by atoms with Gasteiger partial charge in [0.25, 0.3) is 0 Å². The number of nitrogens with one attached hydrogen (secondary N) is 1. The first kappa shape index (κ1) is 18.4. The van der Waals surface area contributed by atoms with Gasteiger partial charge in [0.05, 0.1) is 0 Å². The summed E-state index contributed by atoms with van der Waals surface area (Å²) in [6, 6.07) is 9.81. The second-order valence-electron chi connectivity index (χ2n) is 5.99. The maximum Gasteiger partial charge on any atom is 0.248 e. The van der Waals surface area contributed by atoms with E-state index in [0.29, 0.717) is 0 Å². The molecular formula is C19H21F2N3O. The Kier molecular flexibility index (Phi) is 5.75. The summed E-state index contributed by atoms with van der Waals surface area (Å²) in [5.74, 6) is -1.93. The second-order valence-corrected chi connectivity index (χ2v) is 5.99. The highest BCUT2D eigenvalue weighted by atomic mass is 19.1. The number of hydrogen-bond donors (Lipinski definition) is 1. The van der Waals surface area contributed by atoms with Gasteiger partial charge in [0.1, 0.15) is 5.69 Å². The van der Waals surface area contributed by atoms with Crippen LogP contribution in [0.1, 0.15) is 5.56 Å². The SMILES string of the molecule is CN(C)c1ccc(/C=C\C(=O)Nc2cc(F)c(N(C)C)c(F)c2)cc1. The van der Waals surface area contributed by atoms with E-state index in [1.165, 1.54) is 11.0 Å². The van der Waals surface area contributed by atoms with Crippen LogP contribution in [0.3, 0.4) is 0 Å². The molecule has 132 valence electrons. The molecule has 1 amide bonds. The molecule has 0 heterocycles. The van der Waals surface area contributed by atoms with Gasteiger partial charge in [-0.2, -0.15) is 0 Å². The molecule has 1 N–H and O–H groups in total. The molecule has 0 radical (unpaired) electrons. The van der Waals surface area contributed by atoms with Crippen molar-refractivity contribution in [2.24, 2.45) is 0 Å². The van der Waals surface area contributed by atoms with Gasteiger partial charge in [-0.25, -0.2) is 8.78 Å². The van der Waals surface area contributed by atoms with E-state index in [1.54, 1.807) is 20.2 Å². The molecule has 25 heavy (non-hydrogen) atoms. The summed E-state index contributed by atoms with van der Waals surface area (Å²) in [6.45, 7) is 0. The van der Waals surface area contributed by atoms with Crippen LogP contribution in [0.15, 0.2) is 42.5 Å². The number of benzene rings is 2. The number of hydrogen-bond acceptors (Lipinski definition) is 3. The summed E-state index contributed by atoms with van der Waals surface area (Å²) in [5.41, 5.74) is 1.82. The van der Waals surface area contributed by atoms with Crippen molar-refractivity contribution in [2.75, 3.05) is 43.3 Å². The summed E-state index contributed by atoms with van der Waals surface area (Å²) >= 11 is 0. The molecule has 2 aromatic rings. The number of halogens is 2. The van der Waals surface area contributed by atoms with Gasteiger partial charge in [-0.15, -0.1) is 0 Å². The zero-order valence-corrected chi connectivity index (χ0v) is 14.7. The molecule has 4 nitrogen and oxygen atoms in total. The third kappa shape index (κ3) is 4.79. The van der Waals surface area contributed by atoms with Crippen LogP contribution in [0.2, 0.25) is 0 Å². The fourth-order valence-corrected chi connectivity index (χ4v) is 2.30. The van der Waals surface area contributed by atoms with Crippen LogP contribution < -0.4 is 15.1 Å². The van der Waals surface area contributed by atoms with E-state index in [4.69, 9.17) is 0 Å². The number of anilines is 3. The van der Waals surface area contributed by atoms with Crippen LogP contribution in [0.4, 0.5) is 25.8 Å². The van der Waals surface area contributed by atoms with E-state index in [9.17, 15) is 13.6 Å². The Labute approximate surface area is 146 Å². The van der Waals surface area contributed by atoms with E-state index in [0.717, 1.165) is 23.4 Å². The van der Waals surface area contributed by atoms with Crippen molar-refractivity contribution in [2.45, 2.75) is 0 Å². The van der Waals surface area contributed by atoms with Crippen molar-refractivity contribution in [3.63, 3.8) is 0 Å². The standard InChI is InChI=1S/C19H21F2N3O/c1-23(2)15-8-5-13(6-9-15)7-10-18(25)22-14-11-16(20)19(24(3)4)17(21)12-14/h5-12H,1-4H3,(H,22,25)/b10-7-. The Bertz CT molecular complexity index is 761. The highest BCUT2D eigenvalue weighted by Crippen LogP contribution is 2.25. The number of nitrogens with zero attached hydrogens (tertiary/aromatic N) is 2. The van der Waals surface area contributed by atoms with E-state index >= 15 is 0 Å². The van der Waals surface area contributed by atoms with Crippen molar-refractivity contribution in [1.82, 2.24) is 0 Å². The van der Waals surface area contributed by atoms with Crippen molar-refractivity contribution >= 4 is 29.0 Å². The molecule has 0 atom stereocenters. The minimum absolute atomic E-state index is 0.0678. The van der Waals surface area contributed by atoms with Crippen LogP contribution in [-0.2, 0) is 4.79 Å². The smallest absolute Gasteiger partial charge is 0.248 e. The molecule has 0 aliphatic heterocycles.